The SMILES string of the molecule is CSC(C)CNCc1ncc(C)c([N+](=O)[O-])c1C. The number of nitro groups is 1. The first-order chi connectivity index (χ1) is 8.47. The van der Waals surface area contributed by atoms with Gasteiger partial charge in [0.05, 0.1) is 10.6 Å². The Bertz CT molecular complexity index is 438. The molecule has 0 spiro atoms. The van der Waals surface area contributed by atoms with Crippen molar-refractivity contribution in [2.24, 2.45) is 0 Å². The Morgan fingerprint density at radius 1 is 1.56 bits per heavy atom. The van der Waals surface area contributed by atoms with E-state index in [1.54, 1.807) is 31.8 Å². The molecule has 1 aromatic rings. The van der Waals surface area contributed by atoms with Crippen LogP contribution in [0.15, 0.2) is 6.20 Å². The first-order valence-corrected chi connectivity index (χ1v) is 7.09. The van der Waals surface area contributed by atoms with Crippen molar-refractivity contribution in [3.05, 3.63) is 33.1 Å². The maximum absolute atomic E-state index is 11.0. The highest BCUT2D eigenvalue weighted by Gasteiger charge is 2.18. The highest BCUT2D eigenvalue weighted by molar-refractivity contribution is 7.99. The molecule has 5 nitrogen and oxygen atoms in total. The molecular formula is C12H19N3O2S. The molecule has 18 heavy (non-hydrogen) atoms. The molecule has 1 aromatic heterocycles. The van der Waals surface area contributed by atoms with E-state index in [0.29, 0.717) is 22.9 Å². The molecule has 1 N–H and O–H groups in total. The minimum absolute atomic E-state index is 0.180. The van der Waals surface area contributed by atoms with Crippen LogP contribution in [-0.2, 0) is 6.54 Å². The number of aryl methyl sites for hydroxylation is 1. The summed E-state index contributed by atoms with van der Waals surface area (Å²) in [5.41, 5.74) is 2.20. The Labute approximate surface area is 112 Å². The molecule has 1 atom stereocenters. The quantitative estimate of drug-likeness (QED) is 0.634. The molecule has 0 radical (unpaired) electrons. The summed E-state index contributed by atoms with van der Waals surface area (Å²) in [6, 6.07) is 0. The second kappa shape index (κ2) is 6.70. The van der Waals surface area contributed by atoms with Crippen LogP contribution < -0.4 is 5.32 Å². The smallest absolute Gasteiger partial charge is 0.278 e. The third kappa shape index (κ3) is 3.68. The van der Waals surface area contributed by atoms with Gasteiger partial charge in [0.2, 0.25) is 0 Å². The summed E-state index contributed by atoms with van der Waals surface area (Å²) in [6.07, 6.45) is 3.63. The van der Waals surface area contributed by atoms with Crippen molar-refractivity contribution in [2.45, 2.75) is 32.6 Å². The number of pyridine rings is 1. The zero-order valence-corrected chi connectivity index (χ0v) is 12.0. The molecule has 0 saturated carbocycles. The van der Waals surface area contributed by atoms with Crippen molar-refractivity contribution < 1.29 is 4.92 Å². The van der Waals surface area contributed by atoms with Crippen LogP contribution in [0.5, 0.6) is 0 Å². The summed E-state index contributed by atoms with van der Waals surface area (Å²) in [4.78, 5) is 14.9. The van der Waals surface area contributed by atoms with Crippen molar-refractivity contribution in [2.75, 3.05) is 12.8 Å². The summed E-state index contributed by atoms with van der Waals surface area (Å²) < 4.78 is 0. The van der Waals surface area contributed by atoms with Crippen LogP contribution in [-0.4, -0.2) is 28.0 Å². The van der Waals surface area contributed by atoms with Crippen molar-refractivity contribution in [1.82, 2.24) is 10.3 Å². The van der Waals surface area contributed by atoms with Crippen molar-refractivity contribution in [1.29, 1.82) is 0 Å². The first kappa shape index (κ1) is 14.9. The van der Waals surface area contributed by atoms with E-state index in [1.807, 2.05) is 0 Å². The lowest BCUT2D eigenvalue weighted by atomic mass is 10.1. The monoisotopic (exact) mass is 269 g/mol. The van der Waals surface area contributed by atoms with Crippen molar-refractivity contribution in [3.63, 3.8) is 0 Å². The molecule has 0 aliphatic carbocycles. The third-order valence-corrected chi connectivity index (χ3v) is 3.86. The lowest BCUT2D eigenvalue weighted by Crippen LogP contribution is -2.23. The molecule has 0 aliphatic rings. The minimum atomic E-state index is -0.333. The lowest BCUT2D eigenvalue weighted by molar-refractivity contribution is -0.386. The van der Waals surface area contributed by atoms with E-state index in [2.05, 4.69) is 23.5 Å². The van der Waals surface area contributed by atoms with Gasteiger partial charge in [0.15, 0.2) is 0 Å². The second-order valence-corrected chi connectivity index (χ2v) is 5.57. The Balaban J connectivity index is 2.79. The predicted octanol–water partition coefficient (Wildman–Crippen LogP) is 2.45. The highest BCUT2D eigenvalue weighted by Crippen LogP contribution is 2.23. The van der Waals surface area contributed by atoms with Crippen LogP contribution in [0, 0.1) is 24.0 Å². The largest absolute Gasteiger partial charge is 0.310 e. The van der Waals surface area contributed by atoms with Gasteiger partial charge in [-0.1, -0.05) is 6.92 Å². The predicted molar refractivity (Wildman–Crippen MR) is 75.0 cm³/mol. The zero-order valence-electron chi connectivity index (χ0n) is 11.2. The van der Waals surface area contributed by atoms with Gasteiger partial charge in [0.1, 0.15) is 0 Å². The fourth-order valence-electron chi connectivity index (χ4n) is 1.70. The topological polar surface area (TPSA) is 68.1 Å². The zero-order chi connectivity index (χ0) is 13.7. The third-order valence-electron chi connectivity index (χ3n) is 2.88. The van der Waals surface area contributed by atoms with Gasteiger partial charge >= 0.3 is 0 Å². The fourth-order valence-corrected chi connectivity index (χ4v) is 1.99. The van der Waals surface area contributed by atoms with Gasteiger partial charge < -0.3 is 5.32 Å². The van der Waals surface area contributed by atoms with Crippen LogP contribution in [0.3, 0.4) is 0 Å². The van der Waals surface area contributed by atoms with Gasteiger partial charge in [-0.05, 0) is 20.1 Å². The van der Waals surface area contributed by atoms with E-state index in [1.165, 1.54) is 0 Å². The van der Waals surface area contributed by atoms with E-state index >= 15 is 0 Å². The molecule has 1 unspecified atom stereocenters. The first-order valence-electron chi connectivity index (χ1n) is 5.80. The molecule has 0 fully saturated rings. The van der Waals surface area contributed by atoms with Crippen LogP contribution in [0.2, 0.25) is 0 Å². The summed E-state index contributed by atoms with van der Waals surface area (Å²) in [5, 5.41) is 14.8. The lowest BCUT2D eigenvalue weighted by Gasteiger charge is -2.11. The van der Waals surface area contributed by atoms with Gasteiger partial charge in [-0.25, -0.2) is 0 Å². The van der Waals surface area contributed by atoms with Gasteiger partial charge in [0, 0.05) is 35.7 Å². The molecule has 0 aliphatic heterocycles. The summed E-state index contributed by atoms with van der Waals surface area (Å²) in [7, 11) is 0. The number of hydrogen-bond donors (Lipinski definition) is 1. The van der Waals surface area contributed by atoms with E-state index < -0.39 is 0 Å². The van der Waals surface area contributed by atoms with E-state index in [4.69, 9.17) is 0 Å². The number of rotatable bonds is 6. The van der Waals surface area contributed by atoms with Crippen LogP contribution in [0.4, 0.5) is 5.69 Å². The number of thioether (sulfide) groups is 1. The molecule has 1 heterocycles. The molecule has 0 saturated heterocycles. The van der Waals surface area contributed by atoms with Crippen LogP contribution >= 0.6 is 11.8 Å². The standard InChI is InChI=1S/C12H19N3O2S/c1-8-5-14-11(7-13-6-9(2)18-4)10(3)12(8)15(16)17/h5,9,13H,6-7H2,1-4H3. The van der Waals surface area contributed by atoms with E-state index in [0.717, 1.165) is 12.2 Å². The maximum atomic E-state index is 11.0. The number of hydrogen-bond acceptors (Lipinski definition) is 5. The molecule has 0 amide bonds. The van der Waals surface area contributed by atoms with Gasteiger partial charge in [-0.15, -0.1) is 0 Å². The molecule has 1 rings (SSSR count). The summed E-state index contributed by atoms with van der Waals surface area (Å²) in [6.45, 7) is 7.04. The Hall–Kier alpha value is -1.14. The molecular weight excluding hydrogens is 250 g/mol. The molecule has 0 bridgehead atoms. The van der Waals surface area contributed by atoms with E-state index in [-0.39, 0.29) is 10.6 Å². The Morgan fingerprint density at radius 2 is 2.22 bits per heavy atom. The Kier molecular flexibility index (Phi) is 5.55. The van der Waals surface area contributed by atoms with Crippen molar-refractivity contribution in [3.8, 4) is 0 Å². The maximum Gasteiger partial charge on any atom is 0.278 e. The normalized spacial score (nSPS) is 12.4. The van der Waals surface area contributed by atoms with Crippen LogP contribution in [0.25, 0.3) is 0 Å². The van der Waals surface area contributed by atoms with Gasteiger partial charge in [0.25, 0.3) is 5.69 Å². The average molecular weight is 269 g/mol. The highest BCUT2D eigenvalue weighted by atomic mass is 32.2. The molecule has 6 heteroatoms. The number of nitrogens with zero attached hydrogens (tertiary/aromatic N) is 2. The average Bonchev–Trinajstić information content (AvgIpc) is 2.31. The number of nitrogens with one attached hydrogen (secondary N) is 1. The minimum Gasteiger partial charge on any atom is -0.310 e. The second-order valence-electron chi connectivity index (χ2n) is 4.30. The van der Waals surface area contributed by atoms with Gasteiger partial charge in [-0.3, -0.25) is 15.1 Å². The van der Waals surface area contributed by atoms with Crippen LogP contribution in [0.1, 0.15) is 23.7 Å². The number of aromatic nitrogens is 1. The molecule has 100 valence electrons. The van der Waals surface area contributed by atoms with Crippen molar-refractivity contribution >= 4 is 17.4 Å². The fraction of sp³-hybridized carbons (Fsp3) is 0.583. The summed E-state index contributed by atoms with van der Waals surface area (Å²) in [5.74, 6) is 0. The van der Waals surface area contributed by atoms with Gasteiger partial charge in [-0.2, -0.15) is 11.8 Å². The molecule has 0 aromatic carbocycles. The van der Waals surface area contributed by atoms with E-state index in [9.17, 15) is 10.1 Å². The Morgan fingerprint density at radius 3 is 2.78 bits per heavy atom. The summed E-state index contributed by atoms with van der Waals surface area (Å²) >= 11 is 1.78.